The van der Waals surface area contributed by atoms with Crippen LogP contribution in [-0.4, -0.2) is 69.3 Å². The molecule has 11 heteroatoms. The van der Waals surface area contributed by atoms with Gasteiger partial charge in [0.15, 0.2) is 6.04 Å². The van der Waals surface area contributed by atoms with Crippen molar-refractivity contribution in [2.45, 2.75) is 57.0 Å². The van der Waals surface area contributed by atoms with E-state index in [0.29, 0.717) is 5.56 Å². The Morgan fingerprint density at radius 3 is 1.94 bits per heavy atom. The molecule has 0 radical (unpaired) electrons. The maximum Gasteiger partial charge on any atom is 0.328 e. The van der Waals surface area contributed by atoms with Crippen molar-refractivity contribution in [2.75, 3.05) is 0 Å². The topological polar surface area (TPSA) is 191 Å². The third kappa shape index (κ3) is 8.67. The van der Waals surface area contributed by atoms with Gasteiger partial charge in [-0.05, 0) is 43.5 Å². The Morgan fingerprint density at radius 1 is 0.806 bits per heavy atom. The molecule has 3 amide bonds. The lowest BCUT2D eigenvalue weighted by Crippen LogP contribution is -2.58. The maximum atomic E-state index is 12.9. The largest absolute Gasteiger partial charge is 0.508 e. The van der Waals surface area contributed by atoms with Crippen molar-refractivity contribution >= 4 is 23.7 Å². The fourth-order valence-electron chi connectivity index (χ4n) is 3.36. The standard InChI is InChI=1S/C25H32N4O7/c1-14(27-23(33)19(26)12-16-6-4-3-5-7-16)22(32)28-20(13-17-8-10-18(31)11-9-17)24(34)29-21(15(2)30)25(35)36/h3-11,14-15,19-21,30-31H,12-13,26H2,1-2H3,(H,27,33)(H,28,32)(H,29,34)(H,35,36). The van der Waals surface area contributed by atoms with E-state index in [-0.39, 0.29) is 18.6 Å². The number of carbonyl (C=O) groups is 4. The molecule has 0 saturated heterocycles. The van der Waals surface area contributed by atoms with Crippen LogP contribution in [0, 0.1) is 0 Å². The summed E-state index contributed by atoms with van der Waals surface area (Å²) in [7, 11) is 0. The molecular weight excluding hydrogens is 468 g/mol. The number of aliphatic hydroxyl groups is 1. The number of carbonyl (C=O) groups excluding carboxylic acids is 3. The van der Waals surface area contributed by atoms with Crippen LogP contribution in [0.4, 0.5) is 0 Å². The number of nitrogens with one attached hydrogen (secondary N) is 3. The van der Waals surface area contributed by atoms with E-state index in [0.717, 1.165) is 5.56 Å². The van der Waals surface area contributed by atoms with E-state index in [1.165, 1.54) is 26.0 Å². The van der Waals surface area contributed by atoms with Gasteiger partial charge in [0.2, 0.25) is 17.7 Å². The van der Waals surface area contributed by atoms with Gasteiger partial charge in [-0.15, -0.1) is 0 Å². The Bertz CT molecular complexity index is 1040. The lowest BCUT2D eigenvalue weighted by atomic mass is 10.0. The molecule has 11 nitrogen and oxygen atoms in total. The highest BCUT2D eigenvalue weighted by molar-refractivity contribution is 5.94. The number of phenolic OH excluding ortho intramolecular Hbond substituents is 1. The predicted molar refractivity (Wildman–Crippen MR) is 131 cm³/mol. The van der Waals surface area contributed by atoms with Crippen LogP contribution in [0.3, 0.4) is 0 Å². The first-order chi connectivity index (χ1) is 17.0. The highest BCUT2D eigenvalue weighted by atomic mass is 16.4. The molecular formula is C25H32N4O7. The van der Waals surface area contributed by atoms with Gasteiger partial charge in [0.05, 0.1) is 12.1 Å². The highest BCUT2D eigenvalue weighted by Crippen LogP contribution is 2.12. The number of hydrogen-bond donors (Lipinski definition) is 7. The molecule has 0 aliphatic rings. The first-order valence-electron chi connectivity index (χ1n) is 11.4. The Kier molecular flexibility index (Phi) is 10.4. The summed E-state index contributed by atoms with van der Waals surface area (Å²) in [6.45, 7) is 2.64. The van der Waals surface area contributed by atoms with Crippen LogP contribution >= 0.6 is 0 Å². The van der Waals surface area contributed by atoms with Crippen molar-refractivity contribution in [1.29, 1.82) is 0 Å². The van der Waals surface area contributed by atoms with Crippen LogP contribution < -0.4 is 21.7 Å². The fraction of sp³-hybridized carbons (Fsp3) is 0.360. The van der Waals surface area contributed by atoms with Gasteiger partial charge in [-0.1, -0.05) is 42.5 Å². The molecule has 2 rings (SSSR count). The van der Waals surface area contributed by atoms with Gasteiger partial charge in [0.1, 0.15) is 17.8 Å². The van der Waals surface area contributed by atoms with Gasteiger partial charge in [-0.3, -0.25) is 14.4 Å². The van der Waals surface area contributed by atoms with Crippen LogP contribution in [0.15, 0.2) is 54.6 Å². The molecule has 0 spiro atoms. The second-order valence-corrected chi connectivity index (χ2v) is 8.52. The van der Waals surface area contributed by atoms with Crippen LogP contribution in [0.2, 0.25) is 0 Å². The third-order valence-electron chi connectivity index (χ3n) is 5.44. The van der Waals surface area contributed by atoms with E-state index in [1.54, 1.807) is 12.1 Å². The summed E-state index contributed by atoms with van der Waals surface area (Å²) in [4.78, 5) is 49.6. The number of aliphatic carboxylic acids is 1. The molecule has 2 aromatic rings. The number of phenols is 1. The summed E-state index contributed by atoms with van der Waals surface area (Å²) in [6, 6.07) is 10.2. The van der Waals surface area contributed by atoms with E-state index in [4.69, 9.17) is 5.73 Å². The van der Waals surface area contributed by atoms with Crippen molar-refractivity contribution in [2.24, 2.45) is 5.73 Å². The zero-order valence-electron chi connectivity index (χ0n) is 20.0. The second-order valence-electron chi connectivity index (χ2n) is 8.52. The summed E-state index contributed by atoms with van der Waals surface area (Å²) in [6.07, 6.45) is -1.16. The average Bonchev–Trinajstić information content (AvgIpc) is 2.83. The van der Waals surface area contributed by atoms with Crippen LogP contribution in [0.1, 0.15) is 25.0 Å². The predicted octanol–water partition coefficient (Wildman–Crippen LogP) is -0.556. The van der Waals surface area contributed by atoms with Crippen LogP contribution in [0.5, 0.6) is 5.75 Å². The lowest BCUT2D eigenvalue weighted by molar-refractivity contribution is -0.145. The van der Waals surface area contributed by atoms with E-state index in [2.05, 4.69) is 16.0 Å². The minimum atomic E-state index is -1.59. The van der Waals surface area contributed by atoms with Crippen molar-refractivity contribution in [3.8, 4) is 5.75 Å². The summed E-state index contributed by atoms with van der Waals surface area (Å²) in [5.41, 5.74) is 7.39. The number of benzene rings is 2. The molecule has 0 heterocycles. The monoisotopic (exact) mass is 500 g/mol. The summed E-state index contributed by atoms with van der Waals surface area (Å²) in [5.74, 6) is -3.53. The zero-order valence-corrected chi connectivity index (χ0v) is 20.0. The number of rotatable bonds is 12. The van der Waals surface area contributed by atoms with E-state index >= 15 is 0 Å². The number of carboxylic acid groups (broad SMARTS) is 1. The summed E-state index contributed by atoms with van der Waals surface area (Å²) < 4.78 is 0. The van der Waals surface area contributed by atoms with Gasteiger partial charge in [-0.25, -0.2) is 4.79 Å². The SMILES string of the molecule is CC(NC(=O)C(N)Cc1ccccc1)C(=O)NC(Cc1ccc(O)cc1)C(=O)NC(C(=O)O)C(C)O. The Hall–Kier alpha value is -3.96. The number of hydrogen-bond acceptors (Lipinski definition) is 7. The molecule has 194 valence electrons. The highest BCUT2D eigenvalue weighted by Gasteiger charge is 2.31. The lowest BCUT2D eigenvalue weighted by Gasteiger charge is -2.24. The number of amides is 3. The molecule has 0 aromatic heterocycles. The van der Waals surface area contributed by atoms with Crippen molar-refractivity contribution in [1.82, 2.24) is 16.0 Å². The quantitative estimate of drug-likeness (QED) is 0.202. The van der Waals surface area contributed by atoms with Gasteiger partial charge in [-0.2, -0.15) is 0 Å². The Labute approximate surface area is 208 Å². The Balaban J connectivity index is 2.09. The average molecular weight is 501 g/mol. The minimum Gasteiger partial charge on any atom is -0.508 e. The molecule has 8 N–H and O–H groups in total. The molecule has 5 unspecified atom stereocenters. The second kappa shape index (κ2) is 13.2. The first-order valence-corrected chi connectivity index (χ1v) is 11.4. The van der Waals surface area contributed by atoms with Gasteiger partial charge in [0, 0.05) is 6.42 Å². The molecule has 2 aromatic carbocycles. The van der Waals surface area contributed by atoms with Crippen LogP contribution in [-0.2, 0) is 32.0 Å². The van der Waals surface area contributed by atoms with Crippen LogP contribution in [0.25, 0.3) is 0 Å². The van der Waals surface area contributed by atoms with Crippen molar-refractivity contribution < 1.29 is 34.5 Å². The van der Waals surface area contributed by atoms with Crippen molar-refractivity contribution in [3.63, 3.8) is 0 Å². The molecule has 36 heavy (non-hydrogen) atoms. The van der Waals surface area contributed by atoms with Gasteiger partial charge < -0.3 is 37.0 Å². The molecule has 0 fully saturated rings. The smallest absolute Gasteiger partial charge is 0.328 e. The minimum absolute atomic E-state index is 0.00649. The van der Waals surface area contributed by atoms with E-state index < -0.39 is 54.0 Å². The normalized spacial score (nSPS) is 15.0. The molecule has 0 bridgehead atoms. The van der Waals surface area contributed by atoms with E-state index in [9.17, 15) is 34.5 Å². The summed E-state index contributed by atoms with van der Waals surface area (Å²) in [5, 5.41) is 35.7. The third-order valence-corrected chi connectivity index (χ3v) is 5.44. The summed E-state index contributed by atoms with van der Waals surface area (Å²) >= 11 is 0. The number of aliphatic hydroxyl groups excluding tert-OH is 1. The zero-order chi connectivity index (χ0) is 26.8. The Morgan fingerprint density at radius 2 is 1.39 bits per heavy atom. The van der Waals surface area contributed by atoms with Gasteiger partial charge in [0.25, 0.3) is 0 Å². The van der Waals surface area contributed by atoms with E-state index in [1.807, 2.05) is 30.3 Å². The molecule has 0 saturated carbocycles. The van der Waals surface area contributed by atoms with Gasteiger partial charge >= 0.3 is 5.97 Å². The number of carboxylic acids is 1. The number of nitrogens with two attached hydrogens (primary N) is 1. The van der Waals surface area contributed by atoms with Crippen molar-refractivity contribution in [3.05, 3.63) is 65.7 Å². The molecule has 5 atom stereocenters. The number of aromatic hydroxyl groups is 1. The fourth-order valence-corrected chi connectivity index (χ4v) is 3.36. The molecule has 0 aliphatic heterocycles. The first kappa shape index (κ1) is 28.3. The maximum absolute atomic E-state index is 12.9. The molecule has 0 aliphatic carbocycles.